The number of halogens is 3. The molecule has 0 aromatic heterocycles. The first-order chi connectivity index (χ1) is 7.40. The first kappa shape index (κ1) is 12.8. The highest BCUT2D eigenvalue weighted by Gasteiger charge is 2.34. The highest BCUT2D eigenvalue weighted by atomic mass is 19.4. The zero-order valence-electron chi connectivity index (χ0n) is 8.84. The molecule has 3 nitrogen and oxygen atoms in total. The van der Waals surface area contributed by atoms with E-state index >= 15 is 0 Å². The van der Waals surface area contributed by atoms with E-state index in [0.29, 0.717) is 5.56 Å². The lowest BCUT2D eigenvalue weighted by Crippen LogP contribution is -2.11. The number of nitrogens with two attached hydrogens (primary N) is 1. The van der Waals surface area contributed by atoms with Crippen LogP contribution in [-0.4, -0.2) is 7.11 Å². The van der Waals surface area contributed by atoms with Crippen molar-refractivity contribution in [2.45, 2.75) is 19.2 Å². The average Bonchev–Trinajstić information content (AvgIpc) is 2.26. The van der Waals surface area contributed by atoms with Gasteiger partial charge in [-0.2, -0.15) is 13.2 Å². The maximum Gasteiger partial charge on any atom is 0.419 e. The normalized spacial score (nSPS) is 13.6. The first-order valence-electron chi connectivity index (χ1n) is 4.50. The molecule has 0 aliphatic rings. The van der Waals surface area contributed by atoms with E-state index in [1.165, 1.54) is 19.2 Å². The Morgan fingerprint density at radius 2 is 1.94 bits per heavy atom. The Labute approximate surface area is 90.9 Å². The summed E-state index contributed by atoms with van der Waals surface area (Å²) >= 11 is 0. The Balaban J connectivity index is 3.22. The Kier molecular flexibility index (Phi) is 3.77. The SMILES string of the molecule is COc1ccc(C(C)ON)cc1C(F)(F)F. The van der Waals surface area contributed by atoms with Crippen LogP contribution in [0.4, 0.5) is 13.2 Å². The lowest BCUT2D eigenvalue weighted by molar-refractivity contribution is -0.138. The van der Waals surface area contributed by atoms with Crippen molar-refractivity contribution in [1.29, 1.82) is 0 Å². The van der Waals surface area contributed by atoms with E-state index in [4.69, 9.17) is 5.90 Å². The van der Waals surface area contributed by atoms with Crippen molar-refractivity contribution in [1.82, 2.24) is 0 Å². The van der Waals surface area contributed by atoms with E-state index in [9.17, 15) is 13.2 Å². The maximum atomic E-state index is 12.6. The van der Waals surface area contributed by atoms with Crippen LogP contribution in [0.5, 0.6) is 5.75 Å². The number of ether oxygens (including phenoxy) is 1. The lowest BCUT2D eigenvalue weighted by atomic mass is 10.1. The molecule has 1 unspecified atom stereocenters. The monoisotopic (exact) mass is 235 g/mol. The summed E-state index contributed by atoms with van der Waals surface area (Å²) in [5.74, 6) is 4.70. The number of hydrogen-bond donors (Lipinski definition) is 1. The molecule has 0 aliphatic carbocycles. The summed E-state index contributed by atoms with van der Waals surface area (Å²) in [6.07, 6.45) is -5.07. The zero-order chi connectivity index (χ0) is 12.3. The third-order valence-electron chi connectivity index (χ3n) is 2.20. The molecule has 90 valence electrons. The second kappa shape index (κ2) is 4.71. The molecule has 0 amide bonds. The fourth-order valence-electron chi connectivity index (χ4n) is 1.28. The van der Waals surface area contributed by atoms with Gasteiger partial charge >= 0.3 is 6.18 Å². The van der Waals surface area contributed by atoms with Crippen LogP contribution in [0, 0.1) is 0 Å². The van der Waals surface area contributed by atoms with Crippen molar-refractivity contribution < 1.29 is 22.7 Å². The minimum atomic E-state index is -4.46. The van der Waals surface area contributed by atoms with E-state index in [1.807, 2.05) is 0 Å². The summed E-state index contributed by atoms with van der Waals surface area (Å²) in [5.41, 5.74) is -0.493. The molecular weight excluding hydrogens is 223 g/mol. The second-order valence-corrected chi connectivity index (χ2v) is 3.24. The molecule has 16 heavy (non-hydrogen) atoms. The van der Waals surface area contributed by atoms with Gasteiger partial charge in [0.05, 0.1) is 12.7 Å². The molecule has 6 heteroatoms. The molecule has 1 aromatic carbocycles. The van der Waals surface area contributed by atoms with Crippen LogP contribution in [0.15, 0.2) is 18.2 Å². The average molecular weight is 235 g/mol. The number of alkyl halides is 3. The standard InChI is InChI=1S/C10H12F3NO2/c1-6(16-14)7-3-4-9(15-2)8(5-7)10(11,12)13/h3-6H,14H2,1-2H3. The van der Waals surface area contributed by atoms with Crippen molar-refractivity contribution >= 4 is 0 Å². The quantitative estimate of drug-likeness (QED) is 0.819. The smallest absolute Gasteiger partial charge is 0.419 e. The summed E-state index contributed by atoms with van der Waals surface area (Å²) in [5, 5.41) is 0. The van der Waals surface area contributed by atoms with E-state index in [0.717, 1.165) is 6.07 Å². The van der Waals surface area contributed by atoms with Crippen molar-refractivity contribution in [2.75, 3.05) is 7.11 Å². The highest BCUT2D eigenvalue weighted by molar-refractivity contribution is 5.39. The second-order valence-electron chi connectivity index (χ2n) is 3.24. The van der Waals surface area contributed by atoms with Crippen LogP contribution in [0.1, 0.15) is 24.2 Å². The predicted octanol–water partition coefficient (Wildman–Crippen LogP) is 2.67. The molecule has 1 rings (SSSR count). The fourth-order valence-corrected chi connectivity index (χ4v) is 1.28. The van der Waals surface area contributed by atoms with Crippen molar-refractivity contribution in [3.63, 3.8) is 0 Å². The van der Waals surface area contributed by atoms with E-state index in [2.05, 4.69) is 9.57 Å². The van der Waals surface area contributed by atoms with Gasteiger partial charge in [-0.3, -0.25) is 4.84 Å². The van der Waals surface area contributed by atoms with Crippen LogP contribution in [0.3, 0.4) is 0 Å². The van der Waals surface area contributed by atoms with Gasteiger partial charge in [-0.1, -0.05) is 6.07 Å². The van der Waals surface area contributed by atoms with Gasteiger partial charge in [0.2, 0.25) is 0 Å². The first-order valence-corrected chi connectivity index (χ1v) is 4.50. The summed E-state index contributed by atoms with van der Waals surface area (Å²) < 4.78 is 42.5. The van der Waals surface area contributed by atoms with Gasteiger partial charge in [-0.25, -0.2) is 5.90 Å². The molecule has 0 fully saturated rings. The Morgan fingerprint density at radius 1 is 1.31 bits per heavy atom. The Morgan fingerprint density at radius 3 is 2.38 bits per heavy atom. The topological polar surface area (TPSA) is 44.5 Å². The van der Waals surface area contributed by atoms with Gasteiger partial charge in [0.15, 0.2) is 0 Å². The van der Waals surface area contributed by atoms with Gasteiger partial charge in [-0.05, 0) is 24.6 Å². The van der Waals surface area contributed by atoms with Gasteiger partial charge in [-0.15, -0.1) is 0 Å². The number of rotatable bonds is 3. The zero-order valence-corrected chi connectivity index (χ0v) is 8.84. The van der Waals surface area contributed by atoms with Crippen LogP contribution in [0.25, 0.3) is 0 Å². The van der Waals surface area contributed by atoms with Gasteiger partial charge in [0.25, 0.3) is 0 Å². The fraction of sp³-hybridized carbons (Fsp3) is 0.400. The van der Waals surface area contributed by atoms with E-state index < -0.39 is 17.8 Å². The van der Waals surface area contributed by atoms with Crippen LogP contribution in [0.2, 0.25) is 0 Å². The Bertz CT molecular complexity index is 366. The largest absolute Gasteiger partial charge is 0.496 e. The number of hydrogen-bond acceptors (Lipinski definition) is 3. The summed E-state index contributed by atoms with van der Waals surface area (Å²) in [6.45, 7) is 1.56. The molecule has 0 radical (unpaired) electrons. The minimum absolute atomic E-state index is 0.222. The third-order valence-corrected chi connectivity index (χ3v) is 2.20. The maximum absolute atomic E-state index is 12.6. The molecule has 0 saturated carbocycles. The molecule has 1 aromatic rings. The van der Waals surface area contributed by atoms with Gasteiger partial charge in [0.1, 0.15) is 11.9 Å². The summed E-state index contributed by atoms with van der Waals surface area (Å²) in [7, 11) is 1.19. The van der Waals surface area contributed by atoms with Crippen LogP contribution in [-0.2, 0) is 11.0 Å². The predicted molar refractivity (Wildman–Crippen MR) is 51.7 cm³/mol. The summed E-state index contributed by atoms with van der Waals surface area (Å²) in [6, 6.07) is 3.69. The van der Waals surface area contributed by atoms with Crippen LogP contribution >= 0.6 is 0 Å². The van der Waals surface area contributed by atoms with Crippen molar-refractivity contribution in [2.24, 2.45) is 5.90 Å². The van der Waals surface area contributed by atoms with Crippen molar-refractivity contribution in [3.8, 4) is 5.75 Å². The van der Waals surface area contributed by atoms with Gasteiger partial charge in [0, 0.05) is 0 Å². The summed E-state index contributed by atoms with van der Waals surface area (Å²) in [4.78, 5) is 4.47. The number of methoxy groups -OCH3 is 1. The molecule has 2 N–H and O–H groups in total. The number of benzene rings is 1. The van der Waals surface area contributed by atoms with Gasteiger partial charge < -0.3 is 4.74 Å². The van der Waals surface area contributed by atoms with E-state index in [1.54, 1.807) is 6.92 Å². The molecule has 1 atom stereocenters. The molecular formula is C10H12F3NO2. The van der Waals surface area contributed by atoms with Crippen molar-refractivity contribution in [3.05, 3.63) is 29.3 Å². The van der Waals surface area contributed by atoms with E-state index in [-0.39, 0.29) is 5.75 Å². The Hall–Kier alpha value is -1.27. The molecule has 0 bridgehead atoms. The lowest BCUT2D eigenvalue weighted by Gasteiger charge is -2.15. The molecule has 0 heterocycles. The highest BCUT2D eigenvalue weighted by Crippen LogP contribution is 2.37. The molecule has 0 spiro atoms. The molecule has 0 aliphatic heterocycles. The third kappa shape index (κ3) is 2.65. The van der Waals surface area contributed by atoms with Crippen LogP contribution < -0.4 is 10.6 Å². The molecule has 0 saturated heterocycles. The minimum Gasteiger partial charge on any atom is -0.496 e.